The molecule has 4 N–H and O–H groups in total. The summed E-state index contributed by atoms with van der Waals surface area (Å²) in [5.74, 6) is 0.512. The third-order valence-electron chi connectivity index (χ3n) is 3.33. The quantitative estimate of drug-likeness (QED) is 0.741. The molecule has 6 heteroatoms. The number of nitrogens with zero attached hydrogens (tertiary/aromatic N) is 2. The van der Waals surface area contributed by atoms with E-state index in [9.17, 15) is 4.79 Å². The van der Waals surface area contributed by atoms with Crippen molar-refractivity contribution in [3.63, 3.8) is 0 Å². The summed E-state index contributed by atoms with van der Waals surface area (Å²) >= 11 is 0. The molecule has 0 aliphatic carbocycles. The van der Waals surface area contributed by atoms with Crippen molar-refractivity contribution in [2.75, 3.05) is 50.5 Å². The Morgan fingerprint density at radius 1 is 1.32 bits per heavy atom. The van der Waals surface area contributed by atoms with Crippen molar-refractivity contribution >= 4 is 17.3 Å². The fourth-order valence-electron chi connectivity index (χ4n) is 2.29. The van der Waals surface area contributed by atoms with Crippen molar-refractivity contribution in [2.45, 2.75) is 0 Å². The number of carbonyl (C=O) groups excluding carboxylic acids is 1. The average Bonchev–Trinajstić information content (AvgIpc) is 2.40. The lowest BCUT2D eigenvalue weighted by Crippen LogP contribution is -2.49. The summed E-state index contributed by atoms with van der Waals surface area (Å²) in [5.41, 5.74) is 12.9. The van der Waals surface area contributed by atoms with Gasteiger partial charge in [-0.1, -0.05) is 0 Å². The molecule has 19 heavy (non-hydrogen) atoms. The third kappa shape index (κ3) is 3.29. The van der Waals surface area contributed by atoms with Crippen molar-refractivity contribution in [3.05, 3.63) is 18.2 Å². The minimum Gasteiger partial charge on any atom is -0.497 e. The van der Waals surface area contributed by atoms with Crippen LogP contribution in [0.3, 0.4) is 0 Å². The van der Waals surface area contributed by atoms with Crippen LogP contribution in [-0.2, 0) is 4.79 Å². The van der Waals surface area contributed by atoms with Crippen molar-refractivity contribution in [1.82, 2.24) is 4.90 Å². The molecular weight excluding hydrogens is 244 g/mol. The van der Waals surface area contributed by atoms with Gasteiger partial charge in [-0.15, -0.1) is 0 Å². The molecule has 0 aromatic heterocycles. The van der Waals surface area contributed by atoms with Gasteiger partial charge in [-0.05, 0) is 12.1 Å². The van der Waals surface area contributed by atoms with E-state index in [1.165, 1.54) is 0 Å². The van der Waals surface area contributed by atoms with Crippen LogP contribution in [0.25, 0.3) is 0 Å². The van der Waals surface area contributed by atoms with Gasteiger partial charge in [-0.3, -0.25) is 9.69 Å². The maximum absolute atomic E-state index is 10.9. The SMILES string of the molecule is COc1ccc(N)c(N2CCN(CC(N)=O)CC2)c1. The number of nitrogen functional groups attached to an aromatic ring is 1. The number of methoxy groups -OCH3 is 1. The summed E-state index contributed by atoms with van der Waals surface area (Å²) in [6, 6.07) is 5.64. The number of hydrogen-bond donors (Lipinski definition) is 2. The zero-order chi connectivity index (χ0) is 13.8. The predicted molar refractivity (Wildman–Crippen MR) is 75.3 cm³/mol. The van der Waals surface area contributed by atoms with Gasteiger partial charge in [0.15, 0.2) is 0 Å². The molecule has 0 unspecified atom stereocenters. The second-order valence-electron chi connectivity index (χ2n) is 4.65. The van der Waals surface area contributed by atoms with Crippen LogP contribution in [-0.4, -0.2) is 50.6 Å². The molecule has 1 fully saturated rings. The van der Waals surface area contributed by atoms with Gasteiger partial charge in [-0.25, -0.2) is 0 Å². The summed E-state index contributed by atoms with van der Waals surface area (Å²) in [6.07, 6.45) is 0. The Kier molecular flexibility index (Phi) is 4.11. The second kappa shape index (κ2) is 5.79. The molecule has 2 rings (SSSR count). The molecule has 1 aromatic rings. The predicted octanol–water partition coefficient (Wildman–Crippen LogP) is -0.115. The van der Waals surface area contributed by atoms with E-state index >= 15 is 0 Å². The fourth-order valence-corrected chi connectivity index (χ4v) is 2.29. The molecule has 104 valence electrons. The minimum absolute atomic E-state index is 0.283. The van der Waals surface area contributed by atoms with Gasteiger partial charge in [0.25, 0.3) is 0 Å². The summed E-state index contributed by atoms with van der Waals surface area (Å²) < 4.78 is 5.22. The number of ether oxygens (including phenoxy) is 1. The number of piperazine rings is 1. The Morgan fingerprint density at radius 3 is 2.58 bits per heavy atom. The van der Waals surface area contributed by atoms with E-state index in [1.54, 1.807) is 7.11 Å². The van der Waals surface area contributed by atoms with Crippen molar-refractivity contribution < 1.29 is 9.53 Å². The highest BCUT2D eigenvalue weighted by atomic mass is 16.5. The lowest BCUT2D eigenvalue weighted by molar-refractivity contribution is -0.119. The summed E-state index contributed by atoms with van der Waals surface area (Å²) in [4.78, 5) is 15.1. The summed E-state index contributed by atoms with van der Waals surface area (Å²) in [5, 5.41) is 0. The highest BCUT2D eigenvalue weighted by molar-refractivity contribution is 5.76. The molecule has 1 aromatic carbocycles. The van der Waals surface area contributed by atoms with Crippen LogP contribution < -0.4 is 21.1 Å². The van der Waals surface area contributed by atoms with E-state index in [2.05, 4.69) is 9.80 Å². The number of primary amides is 1. The average molecular weight is 264 g/mol. The highest BCUT2D eigenvalue weighted by Crippen LogP contribution is 2.28. The molecule has 1 saturated heterocycles. The van der Waals surface area contributed by atoms with Crippen LogP contribution in [0.1, 0.15) is 0 Å². The monoisotopic (exact) mass is 264 g/mol. The van der Waals surface area contributed by atoms with Gasteiger partial charge in [0.05, 0.1) is 25.0 Å². The van der Waals surface area contributed by atoms with E-state index in [1.807, 2.05) is 18.2 Å². The van der Waals surface area contributed by atoms with E-state index in [0.717, 1.165) is 43.3 Å². The zero-order valence-corrected chi connectivity index (χ0v) is 11.1. The Bertz CT molecular complexity index is 456. The van der Waals surface area contributed by atoms with Gasteiger partial charge in [0.2, 0.25) is 5.91 Å². The number of nitrogens with two attached hydrogens (primary N) is 2. The Morgan fingerprint density at radius 2 is 2.00 bits per heavy atom. The van der Waals surface area contributed by atoms with Gasteiger partial charge >= 0.3 is 0 Å². The van der Waals surface area contributed by atoms with Crippen LogP contribution in [0.2, 0.25) is 0 Å². The Labute approximate surface area is 112 Å². The summed E-state index contributed by atoms with van der Waals surface area (Å²) in [7, 11) is 1.64. The highest BCUT2D eigenvalue weighted by Gasteiger charge is 2.19. The van der Waals surface area contributed by atoms with Gasteiger partial charge < -0.3 is 21.1 Å². The van der Waals surface area contributed by atoms with Crippen LogP contribution in [0, 0.1) is 0 Å². The molecule has 6 nitrogen and oxygen atoms in total. The van der Waals surface area contributed by atoms with Crippen LogP contribution in [0.4, 0.5) is 11.4 Å². The molecule has 1 aliphatic heterocycles. The molecular formula is C13H20N4O2. The normalized spacial score (nSPS) is 16.4. The first kappa shape index (κ1) is 13.5. The summed E-state index contributed by atoms with van der Waals surface area (Å²) in [6.45, 7) is 3.58. The van der Waals surface area contributed by atoms with E-state index in [0.29, 0.717) is 6.54 Å². The molecule has 1 heterocycles. The second-order valence-corrected chi connectivity index (χ2v) is 4.65. The molecule has 1 aliphatic rings. The van der Waals surface area contributed by atoms with Crippen LogP contribution in [0.15, 0.2) is 18.2 Å². The van der Waals surface area contributed by atoms with E-state index < -0.39 is 0 Å². The lowest BCUT2D eigenvalue weighted by Gasteiger charge is -2.36. The molecule has 0 saturated carbocycles. The fraction of sp³-hybridized carbons (Fsp3) is 0.462. The molecule has 0 atom stereocenters. The van der Waals surface area contributed by atoms with E-state index in [4.69, 9.17) is 16.2 Å². The first-order chi connectivity index (χ1) is 9.10. The Hall–Kier alpha value is -1.95. The number of benzene rings is 1. The lowest BCUT2D eigenvalue weighted by atomic mass is 10.2. The maximum Gasteiger partial charge on any atom is 0.231 e. The number of hydrogen-bond acceptors (Lipinski definition) is 5. The number of amides is 1. The van der Waals surface area contributed by atoms with Gasteiger partial charge in [-0.2, -0.15) is 0 Å². The van der Waals surface area contributed by atoms with E-state index in [-0.39, 0.29) is 5.91 Å². The number of carbonyl (C=O) groups is 1. The third-order valence-corrected chi connectivity index (χ3v) is 3.33. The molecule has 0 bridgehead atoms. The molecule has 0 radical (unpaired) electrons. The Balaban J connectivity index is 2.03. The van der Waals surface area contributed by atoms with Gasteiger partial charge in [0, 0.05) is 32.2 Å². The smallest absolute Gasteiger partial charge is 0.231 e. The van der Waals surface area contributed by atoms with Crippen LogP contribution in [0.5, 0.6) is 5.75 Å². The molecule has 1 amide bonds. The standard InChI is InChI=1S/C13H20N4O2/c1-19-10-2-3-11(14)12(8-10)17-6-4-16(5-7-17)9-13(15)18/h2-3,8H,4-7,9,14H2,1H3,(H2,15,18). The molecule has 0 spiro atoms. The van der Waals surface area contributed by atoms with Crippen molar-refractivity contribution in [1.29, 1.82) is 0 Å². The maximum atomic E-state index is 10.9. The number of rotatable bonds is 4. The first-order valence-electron chi connectivity index (χ1n) is 6.29. The minimum atomic E-state index is -0.283. The van der Waals surface area contributed by atoms with Crippen LogP contribution >= 0.6 is 0 Å². The first-order valence-corrected chi connectivity index (χ1v) is 6.29. The van der Waals surface area contributed by atoms with Gasteiger partial charge in [0.1, 0.15) is 5.75 Å². The zero-order valence-electron chi connectivity index (χ0n) is 11.1. The van der Waals surface area contributed by atoms with Crippen molar-refractivity contribution in [3.8, 4) is 5.75 Å². The topological polar surface area (TPSA) is 84.8 Å². The van der Waals surface area contributed by atoms with Crippen molar-refractivity contribution in [2.24, 2.45) is 5.73 Å². The largest absolute Gasteiger partial charge is 0.497 e. The number of anilines is 2.